The predicted octanol–water partition coefficient (Wildman–Crippen LogP) is 3.02. The van der Waals surface area contributed by atoms with Crippen LogP contribution in [0.2, 0.25) is 0 Å². The van der Waals surface area contributed by atoms with Crippen molar-refractivity contribution in [1.82, 2.24) is 10.2 Å². The van der Waals surface area contributed by atoms with E-state index >= 15 is 0 Å². The Morgan fingerprint density at radius 1 is 1.08 bits per heavy atom. The highest BCUT2D eigenvalue weighted by atomic mass is 16.5. The fourth-order valence-electron chi connectivity index (χ4n) is 2.87. The number of hydrogen-bond donors (Lipinski definition) is 2. The average molecular weight is 326 g/mol. The number of ether oxygens (including phenoxy) is 1. The lowest BCUT2D eigenvalue weighted by molar-refractivity contribution is -0.115. The molecule has 1 aromatic heterocycles. The number of anilines is 2. The highest BCUT2D eigenvalue weighted by Gasteiger charge is 2.15. The molecule has 6 nitrogen and oxygen atoms in total. The van der Waals surface area contributed by atoms with E-state index in [1.165, 1.54) is 25.7 Å². The van der Waals surface area contributed by atoms with E-state index in [2.05, 4.69) is 20.8 Å². The molecule has 0 aliphatic heterocycles. The molecule has 1 aromatic carbocycles. The van der Waals surface area contributed by atoms with Crippen molar-refractivity contribution in [3.8, 4) is 5.75 Å². The van der Waals surface area contributed by atoms with Crippen LogP contribution in [-0.4, -0.2) is 29.3 Å². The molecule has 1 saturated carbocycles. The zero-order valence-corrected chi connectivity index (χ0v) is 13.8. The van der Waals surface area contributed by atoms with Crippen LogP contribution in [-0.2, 0) is 11.2 Å². The Morgan fingerprint density at radius 3 is 2.38 bits per heavy atom. The second-order valence-electron chi connectivity index (χ2n) is 6.00. The van der Waals surface area contributed by atoms with Crippen molar-refractivity contribution in [2.75, 3.05) is 17.7 Å². The fourth-order valence-corrected chi connectivity index (χ4v) is 2.87. The van der Waals surface area contributed by atoms with E-state index in [0.29, 0.717) is 11.9 Å². The van der Waals surface area contributed by atoms with Crippen LogP contribution >= 0.6 is 0 Å². The molecule has 0 saturated heterocycles. The van der Waals surface area contributed by atoms with Gasteiger partial charge in [-0.1, -0.05) is 25.0 Å². The molecule has 1 aliphatic rings. The molecule has 1 fully saturated rings. The number of nitrogens with zero attached hydrogens (tertiary/aromatic N) is 2. The SMILES string of the molecule is COc1ccc(CC(=O)Nc2ccc(NC3CCCC3)nn2)cc1. The van der Waals surface area contributed by atoms with E-state index in [-0.39, 0.29) is 12.3 Å². The van der Waals surface area contributed by atoms with Gasteiger partial charge in [0.05, 0.1) is 13.5 Å². The molecule has 0 unspecified atom stereocenters. The summed E-state index contributed by atoms with van der Waals surface area (Å²) in [6.45, 7) is 0. The van der Waals surface area contributed by atoms with Gasteiger partial charge in [-0.25, -0.2) is 0 Å². The van der Waals surface area contributed by atoms with Gasteiger partial charge in [0.25, 0.3) is 0 Å². The van der Waals surface area contributed by atoms with Crippen LogP contribution in [0, 0.1) is 0 Å². The van der Waals surface area contributed by atoms with Gasteiger partial charge < -0.3 is 15.4 Å². The van der Waals surface area contributed by atoms with Crippen molar-refractivity contribution in [2.45, 2.75) is 38.1 Å². The van der Waals surface area contributed by atoms with Crippen molar-refractivity contribution >= 4 is 17.5 Å². The maximum absolute atomic E-state index is 12.1. The van der Waals surface area contributed by atoms with Crippen molar-refractivity contribution < 1.29 is 9.53 Å². The molecule has 1 amide bonds. The molecule has 1 heterocycles. The van der Waals surface area contributed by atoms with Gasteiger partial charge in [-0.3, -0.25) is 4.79 Å². The smallest absolute Gasteiger partial charge is 0.229 e. The summed E-state index contributed by atoms with van der Waals surface area (Å²) in [6, 6.07) is 11.6. The molecule has 2 aromatic rings. The van der Waals surface area contributed by atoms with Crippen molar-refractivity contribution in [3.63, 3.8) is 0 Å². The van der Waals surface area contributed by atoms with Crippen LogP contribution in [0.15, 0.2) is 36.4 Å². The van der Waals surface area contributed by atoms with E-state index in [0.717, 1.165) is 17.1 Å². The molecule has 0 spiro atoms. The number of carbonyl (C=O) groups excluding carboxylic acids is 1. The van der Waals surface area contributed by atoms with Gasteiger partial charge in [0.1, 0.15) is 11.6 Å². The molecule has 24 heavy (non-hydrogen) atoms. The highest BCUT2D eigenvalue weighted by molar-refractivity contribution is 5.91. The summed E-state index contributed by atoms with van der Waals surface area (Å²) in [5.41, 5.74) is 0.917. The topological polar surface area (TPSA) is 76.1 Å². The van der Waals surface area contributed by atoms with Gasteiger partial charge >= 0.3 is 0 Å². The number of nitrogens with one attached hydrogen (secondary N) is 2. The second-order valence-corrected chi connectivity index (χ2v) is 6.00. The molecule has 1 aliphatic carbocycles. The van der Waals surface area contributed by atoms with Crippen molar-refractivity contribution in [3.05, 3.63) is 42.0 Å². The van der Waals surface area contributed by atoms with E-state index < -0.39 is 0 Å². The van der Waals surface area contributed by atoms with Gasteiger partial charge in [-0.05, 0) is 42.7 Å². The van der Waals surface area contributed by atoms with Gasteiger partial charge in [-0.2, -0.15) is 0 Å². The largest absolute Gasteiger partial charge is 0.497 e. The molecule has 3 rings (SSSR count). The maximum Gasteiger partial charge on any atom is 0.229 e. The van der Waals surface area contributed by atoms with Crippen LogP contribution in [0.5, 0.6) is 5.75 Å². The molecule has 0 radical (unpaired) electrons. The third kappa shape index (κ3) is 4.44. The first-order valence-corrected chi connectivity index (χ1v) is 8.26. The predicted molar refractivity (Wildman–Crippen MR) is 93.2 cm³/mol. The number of amides is 1. The van der Waals surface area contributed by atoms with Gasteiger partial charge in [0.2, 0.25) is 5.91 Å². The molecule has 6 heteroatoms. The lowest BCUT2D eigenvalue weighted by Gasteiger charge is -2.12. The lowest BCUT2D eigenvalue weighted by atomic mass is 10.1. The second kappa shape index (κ2) is 7.77. The minimum atomic E-state index is -0.119. The molecule has 0 atom stereocenters. The van der Waals surface area contributed by atoms with Crippen LogP contribution in [0.1, 0.15) is 31.2 Å². The Morgan fingerprint density at radius 2 is 1.75 bits per heavy atom. The number of carbonyl (C=O) groups is 1. The fraction of sp³-hybridized carbons (Fsp3) is 0.389. The third-order valence-electron chi connectivity index (χ3n) is 4.16. The zero-order valence-electron chi connectivity index (χ0n) is 13.8. The number of benzene rings is 1. The highest BCUT2D eigenvalue weighted by Crippen LogP contribution is 2.21. The quantitative estimate of drug-likeness (QED) is 0.853. The lowest BCUT2D eigenvalue weighted by Crippen LogP contribution is -2.18. The van der Waals surface area contributed by atoms with Gasteiger partial charge in [0.15, 0.2) is 5.82 Å². The minimum absolute atomic E-state index is 0.119. The first-order valence-electron chi connectivity index (χ1n) is 8.26. The minimum Gasteiger partial charge on any atom is -0.497 e. The summed E-state index contributed by atoms with van der Waals surface area (Å²) in [5, 5.41) is 14.3. The van der Waals surface area contributed by atoms with Crippen LogP contribution in [0.4, 0.5) is 11.6 Å². The van der Waals surface area contributed by atoms with E-state index in [4.69, 9.17) is 4.74 Å². The zero-order chi connectivity index (χ0) is 16.8. The normalized spacial score (nSPS) is 14.4. The monoisotopic (exact) mass is 326 g/mol. The van der Waals surface area contributed by atoms with E-state index in [1.54, 1.807) is 13.2 Å². The Balaban J connectivity index is 1.51. The summed E-state index contributed by atoms with van der Waals surface area (Å²) >= 11 is 0. The van der Waals surface area contributed by atoms with Gasteiger partial charge in [0, 0.05) is 6.04 Å². The Labute approximate surface area is 141 Å². The molecular formula is C18H22N4O2. The standard InChI is InChI=1S/C18H22N4O2/c1-24-15-8-6-13(7-9-15)12-18(23)20-17-11-10-16(21-22-17)19-14-4-2-3-5-14/h6-11,14H,2-5,12H2,1H3,(H,19,21)(H,20,22,23). The number of rotatable bonds is 6. The van der Waals surface area contributed by atoms with E-state index in [1.807, 2.05) is 30.3 Å². The van der Waals surface area contributed by atoms with Crippen LogP contribution in [0.3, 0.4) is 0 Å². The van der Waals surface area contributed by atoms with Gasteiger partial charge in [-0.15, -0.1) is 10.2 Å². The van der Waals surface area contributed by atoms with Crippen molar-refractivity contribution in [2.24, 2.45) is 0 Å². The molecule has 0 bridgehead atoms. The number of methoxy groups -OCH3 is 1. The third-order valence-corrected chi connectivity index (χ3v) is 4.16. The van der Waals surface area contributed by atoms with Crippen molar-refractivity contribution in [1.29, 1.82) is 0 Å². The summed E-state index contributed by atoms with van der Waals surface area (Å²) in [4.78, 5) is 12.1. The Bertz CT molecular complexity index is 664. The van der Waals surface area contributed by atoms with Crippen LogP contribution < -0.4 is 15.4 Å². The summed E-state index contributed by atoms with van der Waals surface area (Å²) in [7, 11) is 1.62. The molecule has 2 N–H and O–H groups in total. The Kier molecular flexibility index (Phi) is 5.25. The molecule has 126 valence electrons. The first-order chi connectivity index (χ1) is 11.7. The summed E-state index contributed by atoms with van der Waals surface area (Å²) in [5.74, 6) is 1.88. The summed E-state index contributed by atoms with van der Waals surface area (Å²) in [6.07, 6.45) is 5.19. The average Bonchev–Trinajstić information content (AvgIpc) is 3.10. The summed E-state index contributed by atoms with van der Waals surface area (Å²) < 4.78 is 5.10. The number of hydrogen-bond acceptors (Lipinski definition) is 5. The van der Waals surface area contributed by atoms with E-state index in [9.17, 15) is 4.79 Å². The Hall–Kier alpha value is -2.63. The first kappa shape index (κ1) is 16.2. The maximum atomic E-state index is 12.1. The van der Waals surface area contributed by atoms with Crippen LogP contribution in [0.25, 0.3) is 0 Å². The number of aromatic nitrogens is 2. The molecular weight excluding hydrogens is 304 g/mol.